The van der Waals surface area contributed by atoms with Crippen LogP contribution in [0.4, 0.5) is 26.3 Å². The number of rotatable bonds is 4. The molecule has 9 nitrogen and oxygen atoms in total. The monoisotopic (exact) mass is 492 g/mol. The Labute approximate surface area is 184 Å². The van der Waals surface area contributed by atoms with E-state index in [4.69, 9.17) is 15.8 Å². The van der Waals surface area contributed by atoms with Crippen LogP contribution < -0.4 is 26.6 Å². The van der Waals surface area contributed by atoms with Crippen LogP contribution in [0, 0.1) is 6.92 Å². The number of quaternary nitrogens is 1. The Hall–Kier alpha value is -2.59. The largest absolute Gasteiger partial charge is 0.573 e. The molecule has 33 heavy (non-hydrogen) atoms. The molecular weight excluding hydrogens is 468 g/mol. The first-order chi connectivity index (χ1) is 15.3. The number of hydrogen-bond donors (Lipinski definition) is 4. The number of nitrogens with two attached hydrogens (primary N) is 1. The first-order valence-electron chi connectivity index (χ1n) is 9.26. The van der Waals surface area contributed by atoms with Crippen molar-refractivity contribution in [2.45, 2.75) is 45.2 Å². The molecule has 2 unspecified atom stereocenters. The third-order valence-corrected chi connectivity index (χ3v) is 4.04. The van der Waals surface area contributed by atoms with Crippen LogP contribution in [0.25, 0.3) is 6.08 Å². The molecule has 2 aliphatic heterocycles. The van der Waals surface area contributed by atoms with E-state index in [2.05, 4.69) is 25.5 Å². The highest BCUT2D eigenvalue weighted by molar-refractivity contribution is 5.96. The van der Waals surface area contributed by atoms with E-state index in [1.807, 2.05) is 0 Å². The van der Waals surface area contributed by atoms with Gasteiger partial charge in [0.25, 0.3) is 0 Å². The standard InChI is InChI=1S/C15H13F6NO5.C3H7N.H4NO/c1-6-3-9(26-15(19,20)21)4-8-5-10(13(23)24-7(2)27-22)12(14(16,17)18)25-11(6)8;1-2-4-3-1;1-2/h3-5,7,12H,22H2,1-2H3;4H,1-3H2;2H,1H3/q;;+1. The second-order valence-electron chi connectivity index (χ2n) is 6.56. The number of nitrogens with one attached hydrogen (secondary N) is 1. The zero-order chi connectivity index (χ0) is 25.4. The molecule has 3 rings (SSSR count). The molecule has 2 heterocycles. The number of aryl methyl sites for hydroxylation is 1. The number of hydrogen-bond acceptors (Lipinski definition) is 8. The molecule has 2 atom stereocenters. The normalized spacial score (nSPS) is 17.9. The lowest BCUT2D eigenvalue weighted by Crippen LogP contribution is -2.42. The van der Waals surface area contributed by atoms with Gasteiger partial charge in [-0.2, -0.15) is 13.2 Å². The molecule has 0 aliphatic carbocycles. The summed E-state index contributed by atoms with van der Waals surface area (Å²) in [4.78, 5) is 16.2. The Balaban J connectivity index is 0.000000798. The van der Waals surface area contributed by atoms with Crippen LogP contribution in [-0.2, 0) is 14.4 Å². The number of halogens is 6. The summed E-state index contributed by atoms with van der Waals surface area (Å²) < 4.78 is 90.3. The minimum Gasteiger partial charge on any atom is -0.475 e. The highest BCUT2D eigenvalue weighted by Gasteiger charge is 2.49. The van der Waals surface area contributed by atoms with Crippen molar-refractivity contribution in [2.75, 3.05) is 13.1 Å². The fourth-order valence-corrected chi connectivity index (χ4v) is 2.48. The molecule has 0 bridgehead atoms. The van der Waals surface area contributed by atoms with Gasteiger partial charge in [0, 0.05) is 5.56 Å². The quantitative estimate of drug-likeness (QED) is 0.217. The van der Waals surface area contributed by atoms with E-state index < -0.39 is 42.2 Å². The minimum atomic E-state index is -5.01. The molecule has 0 aromatic heterocycles. The summed E-state index contributed by atoms with van der Waals surface area (Å²) in [6, 6.07) is 1.65. The first-order valence-corrected chi connectivity index (χ1v) is 9.26. The average Bonchev–Trinajstić information content (AvgIpc) is 2.65. The molecule has 1 aromatic rings. The lowest BCUT2D eigenvalue weighted by atomic mass is 9.99. The summed E-state index contributed by atoms with van der Waals surface area (Å²) in [5.41, 5.74) is -1.26. The van der Waals surface area contributed by atoms with Gasteiger partial charge in [-0.05, 0) is 57.1 Å². The van der Waals surface area contributed by atoms with Gasteiger partial charge in [0.15, 0.2) is 0 Å². The third kappa shape index (κ3) is 8.70. The SMILES string of the molecule is C1CNC1.Cc1cc(OC(F)(F)F)cc2c1OC(C(F)(F)F)C(C(=O)OC(C)ON)=C2.[NH3+]O. The second kappa shape index (κ2) is 12.0. The number of ether oxygens (including phenoxy) is 3. The Morgan fingerprint density at radius 1 is 1.24 bits per heavy atom. The molecular formula is C18H24F6N3O6+. The van der Waals surface area contributed by atoms with Crippen molar-refractivity contribution in [3.8, 4) is 11.5 Å². The van der Waals surface area contributed by atoms with Crippen LogP contribution in [0.1, 0.15) is 24.5 Å². The van der Waals surface area contributed by atoms with Gasteiger partial charge in [-0.25, -0.2) is 21.8 Å². The number of alkyl halides is 6. The topological polar surface area (TPSA) is 140 Å². The Morgan fingerprint density at radius 3 is 2.21 bits per heavy atom. The molecule has 2 aliphatic rings. The predicted octanol–water partition coefficient (Wildman–Crippen LogP) is 1.98. The molecule has 0 amide bonds. The second-order valence-corrected chi connectivity index (χ2v) is 6.56. The lowest BCUT2D eigenvalue weighted by molar-refractivity contribution is -0.670. The number of carbonyl (C=O) groups is 1. The third-order valence-electron chi connectivity index (χ3n) is 4.04. The maximum Gasteiger partial charge on any atom is 0.573 e. The highest BCUT2D eigenvalue weighted by Crippen LogP contribution is 2.41. The van der Waals surface area contributed by atoms with E-state index in [9.17, 15) is 31.1 Å². The molecule has 7 N–H and O–H groups in total. The van der Waals surface area contributed by atoms with Crippen LogP contribution in [0.2, 0.25) is 0 Å². The van der Waals surface area contributed by atoms with Crippen molar-refractivity contribution in [3.63, 3.8) is 0 Å². The zero-order valence-corrected chi connectivity index (χ0v) is 17.5. The van der Waals surface area contributed by atoms with Gasteiger partial charge in [-0.3, -0.25) is 4.84 Å². The van der Waals surface area contributed by atoms with Gasteiger partial charge in [0.05, 0.1) is 5.57 Å². The van der Waals surface area contributed by atoms with Crippen molar-refractivity contribution in [3.05, 3.63) is 28.8 Å². The molecule has 15 heteroatoms. The van der Waals surface area contributed by atoms with E-state index in [1.165, 1.54) is 26.4 Å². The van der Waals surface area contributed by atoms with Crippen LogP contribution in [0.15, 0.2) is 17.7 Å². The Bertz CT molecular complexity index is 823. The molecule has 0 radical (unpaired) electrons. The Morgan fingerprint density at radius 2 is 1.79 bits per heavy atom. The van der Waals surface area contributed by atoms with Crippen molar-refractivity contribution in [2.24, 2.45) is 5.90 Å². The minimum absolute atomic E-state index is 0.0525. The summed E-state index contributed by atoms with van der Waals surface area (Å²) in [5.74, 6) is 4.54. The van der Waals surface area contributed by atoms with E-state index in [1.54, 1.807) is 0 Å². The summed E-state index contributed by atoms with van der Waals surface area (Å²) in [6.07, 6.45) is -11.9. The van der Waals surface area contributed by atoms with Gasteiger partial charge in [-0.15, -0.1) is 13.2 Å². The van der Waals surface area contributed by atoms with Gasteiger partial charge in [0.2, 0.25) is 12.4 Å². The van der Waals surface area contributed by atoms with Crippen LogP contribution >= 0.6 is 0 Å². The summed E-state index contributed by atoms with van der Waals surface area (Å²) >= 11 is 0. The summed E-state index contributed by atoms with van der Waals surface area (Å²) in [5, 5.41) is 9.86. The smallest absolute Gasteiger partial charge is 0.475 e. The fraction of sp³-hybridized carbons (Fsp3) is 0.500. The highest BCUT2D eigenvalue weighted by atomic mass is 19.4. The average molecular weight is 492 g/mol. The van der Waals surface area contributed by atoms with Gasteiger partial charge in [-0.1, -0.05) is 0 Å². The molecule has 1 aromatic carbocycles. The van der Waals surface area contributed by atoms with Crippen molar-refractivity contribution in [1.29, 1.82) is 0 Å². The molecule has 1 saturated heterocycles. The van der Waals surface area contributed by atoms with E-state index in [0.29, 0.717) is 0 Å². The van der Waals surface area contributed by atoms with E-state index in [0.717, 1.165) is 25.1 Å². The fourth-order valence-electron chi connectivity index (χ4n) is 2.48. The van der Waals surface area contributed by atoms with Crippen molar-refractivity contribution in [1.82, 2.24) is 5.32 Å². The number of benzene rings is 1. The van der Waals surface area contributed by atoms with Crippen molar-refractivity contribution >= 4 is 12.0 Å². The zero-order valence-electron chi connectivity index (χ0n) is 17.5. The Kier molecular flexibility index (Phi) is 10.4. The summed E-state index contributed by atoms with van der Waals surface area (Å²) in [6.45, 7) is 4.88. The number of esters is 1. The van der Waals surface area contributed by atoms with Crippen LogP contribution in [0.3, 0.4) is 0 Å². The molecule has 0 spiro atoms. The van der Waals surface area contributed by atoms with E-state index >= 15 is 0 Å². The first kappa shape index (κ1) is 28.4. The van der Waals surface area contributed by atoms with Crippen molar-refractivity contribution < 1.29 is 61.3 Å². The predicted molar refractivity (Wildman–Crippen MR) is 99.3 cm³/mol. The maximum absolute atomic E-state index is 13.3. The van der Waals surface area contributed by atoms with Gasteiger partial charge in [0.1, 0.15) is 11.5 Å². The number of fused-ring (bicyclic) bond motifs is 1. The molecule has 188 valence electrons. The summed E-state index contributed by atoms with van der Waals surface area (Å²) in [7, 11) is 0. The molecule has 0 saturated carbocycles. The lowest BCUT2D eigenvalue weighted by Gasteiger charge is -2.29. The van der Waals surface area contributed by atoms with Crippen LogP contribution in [-0.4, -0.2) is 49.2 Å². The van der Waals surface area contributed by atoms with Crippen LogP contribution in [0.5, 0.6) is 11.5 Å². The van der Waals surface area contributed by atoms with Gasteiger partial charge >= 0.3 is 18.5 Å². The van der Waals surface area contributed by atoms with E-state index in [-0.39, 0.29) is 16.9 Å². The number of carbonyl (C=O) groups excluding carboxylic acids is 1. The molecule has 1 fully saturated rings. The maximum atomic E-state index is 13.3. The van der Waals surface area contributed by atoms with Gasteiger partial charge < -0.3 is 19.5 Å².